The minimum absolute atomic E-state index is 0.261. The fourth-order valence-electron chi connectivity index (χ4n) is 0.816. The fourth-order valence-corrected chi connectivity index (χ4v) is 0.816. The summed E-state index contributed by atoms with van der Waals surface area (Å²) in [5, 5.41) is 19.1. The van der Waals surface area contributed by atoms with Gasteiger partial charge in [-0.3, -0.25) is 0 Å². The van der Waals surface area contributed by atoms with Gasteiger partial charge in [0, 0.05) is 0 Å². The van der Waals surface area contributed by atoms with Crippen molar-refractivity contribution in [1.82, 2.24) is 20.2 Å². The van der Waals surface area contributed by atoms with Crippen LogP contribution in [0.25, 0.3) is 0 Å². The van der Waals surface area contributed by atoms with Crippen LogP contribution in [0, 0.1) is 0 Å². The highest BCUT2D eigenvalue weighted by molar-refractivity contribution is 5.74. The number of hydrogen-bond acceptors (Lipinski definition) is 6. The molecule has 0 saturated heterocycles. The minimum Gasteiger partial charge on any atom is -0.464 e. The normalized spacial score (nSPS) is 12.5. The van der Waals surface area contributed by atoms with E-state index in [9.17, 15) is 4.79 Å². The lowest BCUT2D eigenvalue weighted by Gasteiger charge is -2.10. The molecule has 1 unspecified atom stereocenters. The second-order valence-corrected chi connectivity index (χ2v) is 2.24. The molecule has 0 bridgehead atoms. The zero-order valence-electron chi connectivity index (χ0n) is 7.12. The van der Waals surface area contributed by atoms with E-state index in [0.717, 1.165) is 4.68 Å². The molecule has 1 rings (SSSR count). The van der Waals surface area contributed by atoms with Gasteiger partial charge in [0.05, 0.1) is 13.2 Å². The van der Waals surface area contributed by atoms with E-state index in [4.69, 9.17) is 9.84 Å². The van der Waals surface area contributed by atoms with Crippen LogP contribution in [0.1, 0.15) is 13.0 Å². The Balaban J connectivity index is 2.68. The van der Waals surface area contributed by atoms with E-state index in [1.807, 2.05) is 0 Å². The Morgan fingerprint density at radius 2 is 2.54 bits per heavy atom. The van der Waals surface area contributed by atoms with Gasteiger partial charge < -0.3 is 9.84 Å². The van der Waals surface area contributed by atoms with E-state index in [2.05, 4.69) is 15.5 Å². The lowest BCUT2D eigenvalue weighted by Crippen LogP contribution is -2.25. The number of aromatic nitrogens is 4. The average Bonchev–Trinajstić information content (AvgIpc) is 2.59. The van der Waals surface area contributed by atoms with Crippen LogP contribution in [0.3, 0.4) is 0 Å². The van der Waals surface area contributed by atoms with E-state index in [-0.39, 0.29) is 13.2 Å². The zero-order chi connectivity index (χ0) is 9.68. The molecule has 0 aliphatic rings. The molecular formula is C6H10N4O3. The first-order chi connectivity index (χ1) is 6.29. The molecule has 7 nitrogen and oxygen atoms in total. The molecule has 0 aromatic carbocycles. The van der Waals surface area contributed by atoms with Crippen LogP contribution < -0.4 is 0 Å². The van der Waals surface area contributed by atoms with Gasteiger partial charge in [0.1, 0.15) is 6.33 Å². The number of carbonyl (C=O) groups excluding carboxylic acids is 1. The number of aliphatic hydroxyl groups excluding tert-OH is 1. The highest BCUT2D eigenvalue weighted by atomic mass is 16.5. The molecule has 1 atom stereocenters. The Kier molecular flexibility index (Phi) is 3.32. The topological polar surface area (TPSA) is 90.1 Å². The van der Waals surface area contributed by atoms with Crippen LogP contribution >= 0.6 is 0 Å². The van der Waals surface area contributed by atoms with E-state index in [1.165, 1.54) is 6.33 Å². The third kappa shape index (κ3) is 2.22. The summed E-state index contributed by atoms with van der Waals surface area (Å²) in [4.78, 5) is 11.2. The summed E-state index contributed by atoms with van der Waals surface area (Å²) in [6.07, 6.45) is 1.25. The van der Waals surface area contributed by atoms with Crippen molar-refractivity contribution in [2.24, 2.45) is 0 Å². The summed E-state index contributed by atoms with van der Waals surface area (Å²) in [5.41, 5.74) is 0. The summed E-state index contributed by atoms with van der Waals surface area (Å²) in [5.74, 6) is -0.544. The Hall–Kier alpha value is -1.50. The van der Waals surface area contributed by atoms with Gasteiger partial charge >= 0.3 is 5.97 Å². The Morgan fingerprint density at radius 3 is 3.00 bits per heavy atom. The smallest absolute Gasteiger partial charge is 0.333 e. The Labute approximate surface area is 74.3 Å². The minimum atomic E-state index is -0.852. The van der Waals surface area contributed by atoms with Crippen LogP contribution in [0.2, 0.25) is 0 Å². The van der Waals surface area contributed by atoms with Crippen molar-refractivity contribution >= 4 is 5.97 Å². The van der Waals surface area contributed by atoms with E-state index in [1.54, 1.807) is 6.92 Å². The first-order valence-corrected chi connectivity index (χ1v) is 3.79. The van der Waals surface area contributed by atoms with E-state index < -0.39 is 12.0 Å². The average molecular weight is 186 g/mol. The van der Waals surface area contributed by atoms with Gasteiger partial charge in [0.15, 0.2) is 6.04 Å². The Morgan fingerprint density at radius 1 is 1.77 bits per heavy atom. The maximum Gasteiger partial charge on any atom is 0.333 e. The van der Waals surface area contributed by atoms with Crippen LogP contribution in [0.15, 0.2) is 6.33 Å². The summed E-state index contributed by atoms with van der Waals surface area (Å²) >= 11 is 0. The van der Waals surface area contributed by atoms with Gasteiger partial charge in [-0.2, -0.15) is 0 Å². The maximum atomic E-state index is 11.2. The molecule has 0 saturated carbocycles. The number of esters is 1. The van der Waals surface area contributed by atoms with Gasteiger partial charge in [0.2, 0.25) is 0 Å². The lowest BCUT2D eigenvalue weighted by atomic mass is 10.3. The molecule has 1 N–H and O–H groups in total. The molecule has 72 valence electrons. The van der Waals surface area contributed by atoms with Gasteiger partial charge in [-0.1, -0.05) is 0 Å². The molecule has 0 spiro atoms. The summed E-state index contributed by atoms with van der Waals surface area (Å²) in [7, 11) is 0. The van der Waals surface area contributed by atoms with Crippen LogP contribution in [-0.2, 0) is 9.53 Å². The van der Waals surface area contributed by atoms with Gasteiger partial charge in [0.25, 0.3) is 0 Å². The lowest BCUT2D eigenvalue weighted by molar-refractivity contribution is -0.148. The number of nitrogens with zero attached hydrogens (tertiary/aromatic N) is 4. The quantitative estimate of drug-likeness (QED) is 0.592. The van der Waals surface area contributed by atoms with Crippen molar-refractivity contribution in [2.75, 3.05) is 13.2 Å². The molecule has 0 amide bonds. The molecule has 1 aromatic heterocycles. The standard InChI is InChI=1S/C6H10N4O3/c1-2-13-6(12)5(3-11)10-4-7-8-9-10/h4-5,11H,2-3H2,1H3. The predicted octanol–water partition coefficient (Wildman–Crippen LogP) is -1.23. The van der Waals surface area contributed by atoms with Crippen molar-refractivity contribution in [1.29, 1.82) is 0 Å². The summed E-state index contributed by atoms with van der Waals surface area (Å²) < 4.78 is 5.85. The van der Waals surface area contributed by atoms with Crippen molar-refractivity contribution in [3.05, 3.63) is 6.33 Å². The van der Waals surface area contributed by atoms with Crippen LogP contribution in [0.5, 0.6) is 0 Å². The third-order valence-electron chi connectivity index (χ3n) is 1.42. The van der Waals surface area contributed by atoms with Crippen LogP contribution in [0.4, 0.5) is 0 Å². The second-order valence-electron chi connectivity index (χ2n) is 2.24. The largest absolute Gasteiger partial charge is 0.464 e. The fraction of sp³-hybridized carbons (Fsp3) is 0.667. The number of carbonyl (C=O) groups is 1. The number of ether oxygens (including phenoxy) is 1. The Bertz CT molecular complexity index is 261. The molecular weight excluding hydrogens is 176 g/mol. The molecule has 0 radical (unpaired) electrons. The number of hydrogen-bond donors (Lipinski definition) is 1. The molecule has 7 heteroatoms. The highest BCUT2D eigenvalue weighted by Crippen LogP contribution is 2.04. The molecule has 0 aliphatic heterocycles. The molecule has 13 heavy (non-hydrogen) atoms. The van der Waals surface area contributed by atoms with Crippen LogP contribution in [-0.4, -0.2) is 44.5 Å². The highest BCUT2D eigenvalue weighted by Gasteiger charge is 2.21. The number of rotatable bonds is 4. The van der Waals surface area contributed by atoms with Gasteiger partial charge in [-0.15, -0.1) is 5.10 Å². The number of tetrazole rings is 1. The first-order valence-electron chi connectivity index (χ1n) is 3.79. The first kappa shape index (κ1) is 9.59. The van der Waals surface area contributed by atoms with Crippen molar-refractivity contribution < 1.29 is 14.6 Å². The number of aliphatic hydroxyl groups is 1. The third-order valence-corrected chi connectivity index (χ3v) is 1.42. The maximum absolute atomic E-state index is 11.2. The zero-order valence-corrected chi connectivity index (χ0v) is 7.12. The van der Waals surface area contributed by atoms with Crippen molar-refractivity contribution in [2.45, 2.75) is 13.0 Å². The molecule has 0 aliphatic carbocycles. The van der Waals surface area contributed by atoms with Gasteiger partial charge in [-0.25, -0.2) is 9.48 Å². The molecule has 1 heterocycles. The summed E-state index contributed by atoms with van der Waals surface area (Å²) in [6, 6.07) is -0.852. The van der Waals surface area contributed by atoms with Gasteiger partial charge in [-0.05, 0) is 17.4 Å². The molecule has 1 aromatic rings. The van der Waals surface area contributed by atoms with E-state index >= 15 is 0 Å². The van der Waals surface area contributed by atoms with Crippen molar-refractivity contribution in [3.8, 4) is 0 Å². The SMILES string of the molecule is CCOC(=O)C(CO)n1cnnn1. The molecule has 0 fully saturated rings. The van der Waals surface area contributed by atoms with E-state index in [0.29, 0.717) is 0 Å². The summed E-state index contributed by atoms with van der Waals surface area (Å²) in [6.45, 7) is 1.56. The monoisotopic (exact) mass is 186 g/mol. The predicted molar refractivity (Wildman–Crippen MR) is 40.6 cm³/mol. The van der Waals surface area contributed by atoms with Crippen molar-refractivity contribution in [3.63, 3.8) is 0 Å². The second kappa shape index (κ2) is 4.51.